The number of morpholine rings is 1. The van der Waals surface area contributed by atoms with E-state index in [0.717, 1.165) is 25.2 Å². The number of nitrogens with zero attached hydrogens (tertiary/aromatic N) is 5. The van der Waals surface area contributed by atoms with E-state index < -0.39 is 11.2 Å². The third-order valence-electron chi connectivity index (χ3n) is 6.55. The lowest BCUT2D eigenvalue weighted by atomic mass is 10.1. The van der Waals surface area contributed by atoms with Crippen molar-refractivity contribution in [3.63, 3.8) is 0 Å². The lowest BCUT2D eigenvalue weighted by molar-refractivity contribution is -0.137. The normalized spacial score (nSPS) is 19.1. The number of hydrogen-bond donors (Lipinski definition) is 3. The van der Waals surface area contributed by atoms with Gasteiger partial charge in [-0.3, -0.25) is 19.6 Å². The highest BCUT2D eigenvalue weighted by atomic mass is 16.5. The van der Waals surface area contributed by atoms with Gasteiger partial charge in [-0.2, -0.15) is 4.98 Å². The second-order valence-electron chi connectivity index (χ2n) is 10.0. The maximum absolute atomic E-state index is 12.7. The van der Waals surface area contributed by atoms with E-state index in [1.807, 2.05) is 24.3 Å². The zero-order valence-corrected chi connectivity index (χ0v) is 21.4. The Morgan fingerprint density at radius 3 is 2.38 bits per heavy atom. The lowest BCUT2D eigenvalue weighted by Crippen LogP contribution is -2.58. The molecular formula is C25H36N8O4. The Morgan fingerprint density at radius 1 is 1.08 bits per heavy atom. The van der Waals surface area contributed by atoms with Gasteiger partial charge in [0.2, 0.25) is 5.91 Å². The van der Waals surface area contributed by atoms with E-state index in [9.17, 15) is 14.4 Å². The molecule has 1 aromatic carbocycles. The lowest BCUT2D eigenvalue weighted by Gasteiger charge is -2.37. The number of anilines is 1. The fourth-order valence-electron chi connectivity index (χ4n) is 4.46. The van der Waals surface area contributed by atoms with E-state index in [0.29, 0.717) is 45.0 Å². The van der Waals surface area contributed by atoms with Gasteiger partial charge in [0.05, 0.1) is 23.9 Å². The van der Waals surface area contributed by atoms with Crippen LogP contribution in [0.25, 0.3) is 5.69 Å². The van der Waals surface area contributed by atoms with Crippen LogP contribution in [0.1, 0.15) is 19.4 Å². The number of rotatable bonds is 6. The van der Waals surface area contributed by atoms with Crippen molar-refractivity contribution >= 4 is 17.8 Å². The molecule has 2 aliphatic heterocycles. The Morgan fingerprint density at radius 2 is 1.76 bits per heavy atom. The molecular weight excluding hydrogens is 476 g/mol. The number of nitrogens with two attached hydrogens (primary N) is 2. The number of amides is 3. The molecule has 1 unspecified atom stereocenters. The Kier molecular flexibility index (Phi) is 8.22. The van der Waals surface area contributed by atoms with E-state index in [1.54, 1.807) is 35.9 Å². The average Bonchev–Trinajstić information content (AvgIpc) is 2.88. The van der Waals surface area contributed by atoms with Gasteiger partial charge in [0.15, 0.2) is 0 Å². The summed E-state index contributed by atoms with van der Waals surface area (Å²) in [5.74, 6) is 0.0263. The van der Waals surface area contributed by atoms with Crippen molar-refractivity contribution in [3.8, 4) is 5.69 Å². The maximum atomic E-state index is 12.7. The van der Waals surface area contributed by atoms with Crippen LogP contribution in [0.2, 0.25) is 0 Å². The van der Waals surface area contributed by atoms with Gasteiger partial charge in [-0.1, -0.05) is 12.1 Å². The van der Waals surface area contributed by atoms with Crippen LogP contribution in [0.5, 0.6) is 0 Å². The Labute approximate surface area is 216 Å². The van der Waals surface area contributed by atoms with Crippen LogP contribution in [-0.2, 0) is 16.1 Å². The maximum Gasteiger partial charge on any atom is 0.354 e. The highest BCUT2D eigenvalue weighted by Gasteiger charge is 2.31. The summed E-state index contributed by atoms with van der Waals surface area (Å²) >= 11 is 0. The molecule has 12 nitrogen and oxygen atoms in total. The molecule has 2 fully saturated rings. The predicted octanol–water partition coefficient (Wildman–Crippen LogP) is -0.195. The van der Waals surface area contributed by atoms with Gasteiger partial charge in [0.1, 0.15) is 5.82 Å². The zero-order chi connectivity index (χ0) is 26.6. The number of piperazine rings is 1. The van der Waals surface area contributed by atoms with E-state index in [-0.39, 0.29) is 23.9 Å². The number of ether oxygens (including phenoxy) is 1. The van der Waals surface area contributed by atoms with E-state index in [4.69, 9.17) is 16.2 Å². The molecule has 3 heterocycles. The Hall–Kier alpha value is -3.32. The van der Waals surface area contributed by atoms with Crippen LogP contribution in [-0.4, -0.2) is 100 Å². The van der Waals surface area contributed by atoms with Crippen LogP contribution < -0.4 is 22.5 Å². The topological polar surface area (TPSA) is 152 Å². The predicted molar refractivity (Wildman–Crippen MR) is 139 cm³/mol. The van der Waals surface area contributed by atoms with E-state index in [1.165, 1.54) is 4.57 Å². The summed E-state index contributed by atoms with van der Waals surface area (Å²) in [5.41, 5.74) is 12.0. The largest absolute Gasteiger partial charge is 0.374 e. The molecule has 0 saturated carbocycles. The van der Waals surface area contributed by atoms with Gasteiger partial charge < -0.3 is 26.0 Å². The number of carbonyl (C=O) groups excluding carboxylic acids is 2. The van der Waals surface area contributed by atoms with Crippen molar-refractivity contribution in [1.82, 2.24) is 24.3 Å². The highest BCUT2D eigenvalue weighted by Crippen LogP contribution is 2.14. The van der Waals surface area contributed by atoms with Gasteiger partial charge in [0, 0.05) is 58.6 Å². The molecule has 0 spiro atoms. The van der Waals surface area contributed by atoms with Crippen molar-refractivity contribution in [2.75, 3.05) is 57.7 Å². The van der Waals surface area contributed by atoms with Crippen molar-refractivity contribution in [2.45, 2.75) is 32.0 Å². The minimum absolute atomic E-state index is 0.0639. The van der Waals surface area contributed by atoms with Gasteiger partial charge in [-0.15, -0.1) is 0 Å². The second kappa shape index (κ2) is 11.4. The first-order valence-electron chi connectivity index (χ1n) is 12.5. The Bertz CT molecular complexity index is 1150. The van der Waals surface area contributed by atoms with Gasteiger partial charge in [-0.25, -0.2) is 9.59 Å². The minimum Gasteiger partial charge on any atom is -0.374 e. The zero-order valence-electron chi connectivity index (χ0n) is 21.4. The van der Waals surface area contributed by atoms with Crippen LogP contribution in [0.15, 0.2) is 41.3 Å². The quantitative estimate of drug-likeness (QED) is 0.481. The summed E-state index contributed by atoms with van der Waals surface area (Å²) in [7, 11) is 0. The van der Waals surface area contributed by atoms with Crippen molar-refractivity contribution in [3.05, 3.63) is 52.6 Å². The first-order chi connectivity index (χ1) is 17.6. The van der Waals surface area contributed by atoms with Gasteiger partial charge in [0.25, 0.3) is 0 Å². The summed E-state index contributed by atoms with van der Waals surface area (Å²) in [4.78, 5) is 47.3. The average molecular weight is 513 g/mol. The third kappa shape index (κ3) is 6.72. The molecule has 1 atom stereocenters. The number of benzene rings is 1. The van der Waals surface area contributed by atoms with Crippen LogP contribution in [0, 0.1) is 0 Å². The first-order valence-corrected chi connectivity index (χ1v) is 12.5. The van der Waals surface area contributed by atoms with E-state index >= 15 is 0 Å². The van der Waals surface area contributed by atoms with E-state index in [2.05, 4.69) is 15.2 Å². The standard InChI is InChI=1S/C25H36N8O4/c1-25(2,27)22(34)31-9-11-32(12-10-31)23(35)28-21-7-8-33(24(36)29-21)19-5-3-18(4-6-19)16-30-13-14-37-20(15-26)17-30/h3-8,20H,9-17,26-27H2,1-2H3,(H,28,29,35,36). The molecule has 200 valence electrons. The molecule has 4 rings (SSSR count). The molecule has 3 amide bonds. The first kappa shape index (κ1) is 26.7. The second-order valence-corrected chi connectivity index (χ2v) is 10.0. The number of urea groups is 1. The fourth-order valence-corrected chi connectivity index (χ4v) is 4.46. The summed E-state index contributed by atoms with van der Waals surface area (Å²) in [5, 5.41) is 2.68. The molecule has 2 aromatic rings. The van der Waals surface area contributed by atoms with Gasteiger partial charge >= 0.3 is 11.7 Å². The molecule has 0 radical (unpaired) electrons. The molecule has 2 saturated heterocycles. The van der Waals surface area contributed by atoms with Crippen molar-refractivity contribution in [2.24, 2.45) is 11.5 Å². The molecule has 37 heavy (non-hydrogen) atoms. The van der Waals surface area contributed by atoms with Crippen LogP contribution in [0.3, 0.4) is 0 Å². The minimum atomic E-state index is -0.949. The summed E-state index contributed by atoms with van der Waals surface area (Å²) < 4.78 is 7.05. The smallest absolute Gasteiger partial charge is 0.354 e. The summed E-state index contributed by atoms with van der Waals surface area (Å²) in [6.07, 6.45) is 1.65. The van der Waals surface area contributed by atoms with Crippen molar-refractivity contribution in [1.29, 1.82) is 0 Å². The summed E-state index contributed by atoms with van der Waals surface area (Å²) in [6, 6.07) is 8.95. The van der Waals surface area contributed by atoms with Crippen LogP contribution in [0.4, 0.5) is 10.6 Å². The monoisotopic (exact) mass is 512 g/mol. The fraction of sp³-hybridized carbons (Fsp3) is 0.520. The molecule has 5 N–H and O–H groups in total. The molecule has 2 aliphatic rings. The molecule has 12 heteroatoms. The third-order valence-corrected chi connectivity index (χ3v) is 6.55. The number of hydrogen-bond acceptors (Lipinski definition) is 8. The number of aromatic nitrogens is 2. The molecule has 0 bridgehead atoms. The summed E-state index contributed by atoms with van der Waals surface area (Å²) in [6.45, 7) is 8.49. The Balaban J connectivity index is 1.32. The molecule has 1 aromatic heterocycles. The highest BCUT2D eigenvalue weighted by molar-refractivity contribution is 5.89. The number of carbonyl (C=O) groups is 2. The number of nitrogens with one attached hydrogen (secondary N) is 1. The SMILES string of the molecule is CC(C)(N)C(=O)N1CCN(C(=O)Nc2ccn(-c3ccc(CN4CCOC(CN)C4)cc3)c(=O)n2)CC1. The van der Waals surface area contributed by atoms with Gasteiger partial charge in [-0.05, 0) is 37.6 Å². The molecule has 0 aliphatic carbocycles. The van der Waals surface area contributed by atoms with Crippen LogP contribution >= 0.6 is 0 Å². The van der Waals surface area contributed by atoms with Crippen molar-refractivity contribution < 1.29 is 14.3 Å².